The Morgan fingerprint density at radius 1 is 1.20 bits per heavy atom. The van der Waals surface area contributed by atoms with Crippen LogP contribution in [0.4, 0.5) is 0 Å². The van der Waals surface area contributed by atoms with Gasteiger partial charge in [-0.25, -0.2) is 4.68 Å². The quantitative estimate of drug-likeness (QED) is 0.733. The van der Waals surface area contributed by atoms with Crippen LogP contribution in [-0.4, -0.2) is 27.4 Å². The lowest BCUT2D eigenvalue weighted by Gasteiger charge is -2.23. The third-order valence-corrected chi connectivity index (χ3v) is 3.94. The lowest BCUT2D eigenvalue weighted by atomic mass is 10.1. The van der Waals surface area contributed by atoms with E-state index in [0.717, 1.165) is 22.8 Å². The standard InChI is InChI=1S/C15H14N4O/c20-14-8-6-11(9-16-14)19-15-12-4-2-1-3-10(12)5-7-13(15)17-18-19/h1-5,7,11H,6,8-9H2,(H,16,20). The molecule has 1 unspecified atom stereocenters. The molecule has 1 amide bonds. The van der Waals surface area contributed by atoms with Gasteiger partial charge in [0.05, 0.1) is 11.6 Å². The molecule has 3 aromatic rings. The Balaban J connectivity index is 1.91. The number of nitrogens with zero attached hydrogens (tertiary/aromatic N) is 3. The Labute approximate surface area is 115 Å². The first-order valence-electron chi connectivity index (χ1n) is 6.82. The molecule has 0 radical (unpaired) electrons. The van der Waals surface area contributed by atoms with E-state index in [1.165, 1.54) is 5.39 Å². The summed E-state index contributed by atoms with van der Waals surface area (Å²) in [6.45, 7) is 0.626. The number of amides is 1. The highest BCUT2D eigenvalue weighted by Gasteiger charge is 2.22. The van der Waals surface area contributed by atoms with E-state index in [4.69, 9.17) is 0 Å². The number of benzene rings is 2. The molecule has 1 N–H and O–H groups in total. The molecule has 2 heterocycles. The minimum absolute atomic E-state index is 0.121. The fourth-order valence-corrected chi connectivity index (χ4v) is 2.89. The molecule has 0 spiro atoms. The van der Waals surface area contributed by atoms with Crippen molar-refractivity contribution in [2.45, 2.75) is 18.9 Å². The number of hydrogen-bond acceptors (Lipinski definition) is 3. The first-order chi connectivity index (χ1) is 9.83. The van der Waals surface area contributed by atoms with Crippen molar-refractivity contribution in [1.29, 1.82) is 0 Å². The first-order valence-corrected chi connectivity index (χ1v) is 6.82. The summed E-state index contributed by atoms with van der Waals surface area (Å²) in [7, 11) is 0. The first kappa shape index (κ1) is 11.4. The highest BCUT2D eigenvalue weighted by Crippen LogP contribution is 2.27. The van der Waals surface area contributed by atoms with Crippen molar-refractivity contribution in [3.8, 4) is 0 Å². The van der Waals surface area contributed by atoms with Crippen molar-refractivity contribution in [3.05, 3.63) is 36.4 Å². The lowest BCUT2D eigenvalue weighted by molar-refractivity contribution is -0.122. The summed E-state index contributed by atoms with van der Waals surface area (Å²) < 4.78 is 1.97. The Bertz CT molecular complexity index is 798. The molecule has 5 nitrogen and oxygen atoms in total. The van der Waals surface area contributed by atoms with Crippen molar-refractivity contribution in [3.63, 3.8) is 0 Å². The van der Waals surface area contributed by atoms with Crippen LogP contribution < -0.4 is 5.32 Å². The minimum atomic E-state index is 0.121. The summed E-state index contributed by atoms with van der Waals surface area (Å²) in [6, 6.07) is 12.5. The summed E-state index contributed by atoms with van der Waals surface area (Å²) in [6.07, 6.45) is 1.37. The van der Waals surface area contributed by atoms with Crippen LogP contribution >= 0.6 is 0 Å². The number of hydrogen-bond donors (Lipinski definition) is 1. The molecular formula is C15H14N4O. The third kappa shape index (κ3) is 1.66. The molecule has 1 fully saturated rings. The molecule has 0 saturated carbocycles. The van der Waals surface area contributed by atoms with Gasteiger partial charge in [0.1, 0.15) is 5.52 Å². The second kappa shape index (κ2) is 4.30. The smallest absolute Gasteiger partial charge is 0.220 e. The van der Waals surface area contributed by atoms with E-state index in [1.807, 2.05) is 22.9 Å². The van der Waals surface area contributed by atoms with Gasteiger partial charge >= 0.3 is 0 Å². The average Bonchev–Trinajstić information content (AvgIpc) is 2.92. The molecule has 1 atom stereocenters. The Hall–Kier alpha value is -2.43. The molecule has 0 bridgehead atoms. The molecule has 1 saturated heterocycles. The molecule has 4 rings (SSSR count). The van der Waals surface area contributed by atoms with E-state index in [-0.39, 0.29) is 11.9 Å². The molecule has 100 valence electrons. The summed E-state index contributed by atoms with van der Waals surface area (Å²) in [4.78, 5) is 11.3. The van der Waals surface area contributed by atoms with Crippen LogP contribution in [0.5, 0.6) is 0 Å². The number of carbonyl (C=O) groups excluding carboxylic acids is 1. The number of aromatic nitrogens is 3. The number of piperidine rings is 1. The van der Waals surface area contributed by atoms with Gasteiger partial charge in [0, 0.05) is 18.4 Å². The fourth-order valence-electron chi connectivity index (χ4n) is 2.89. The summed E-state index contributed by atoms with van der Waals surface area (Å²) >= 11 is 0. The summed E-state index contributed by atoms with van der Waals surface area (Å²) in [5.41, 5.74) is 1.96. The van der Waals surface area contributed by atoms with Crippen LogP contribution in [0.3, 0.4) is 0 Å². The Morgan fingerprint density at radius 3 is 2.95 bits per heavy atom. The highest BCUT2D eigenvalue weighted by atomic mass is 16.1. The van der Waals surface area contributed by atoms with Gasteiger partial charge in [-0.1, -0.05) is 35.5 Å². The Kier molecular flexibility index (Phi) is 2.45. The topological polar surface area (TPSA) is 59.8 Å². The zero-order chi connectivity index (χ0) is 13.5. The number of fused-ring (bicyclic) bond motifs is 3. The normalized spacial score (nSPS) is 19.4. The van der Waals surface area contributed by atoms with E-state index >= 15 is 0 Å². The van der Waals surface area contributed by atoms with E-state index in [9.17, 15) is 4.79 Å². The predicted octanol–water partition coefficient (Wildman–Crippen LogP) is 2.04. The SMILES string of the molecule is O=C1CCC(n2nnc3ccc4ccccc4c32)CN1. The highest BCUT2D eigenvalue weighted by molar-refractivity contribution is 6.04. The van der Waals surface area contributed by atoms with Crippen molar-refractivity contribution in [1.82, 2.24) is 20.3 Å². The molecular weight excluding hydrogens is 252 g/mol. The Morgan fingerprint density at radius 2 is 2.10 bits per heavy atom. The number of carbonyl (C=O) groups is 1. The zero-order valence-corrected chi connectivity index (χ0v) is 10.9. The summed E-state index contributed by atoms with van der Waals surface area (Å²) in [5, 5.41) is 13.8. The van der Waals surface area contributed by atoms with E-state index in [0.29, 0.717) is 13.0 Å². The van der Waals surface area contributed by atoms with Gasteiger partial charge < -0.3 is 5.32 Å². The maximum atomic E-state index is 11.3. The van der Waals surface area contributed by atoms with Crippen LogP contribution in [0.1, 0.15) is 18.9 Å². The third-order valence-electron chi connectivity index (χ3n) is 3.94. The number of nitrogens with one attached hydrogen (secondary N) is 1. The zero-order valence-electron chi connectivity index (χ0n) is 10.9. The van der Waals surface area contributed by atoms with E-state index in [1.54, 1.807) is 0 Å². The van der Waals surface area contributed by atoms with Crippen molar-refractivity contribution in [2.24, 2.45) is 0 Å². The molecule has 20 heavy (non-hydrogen) atoms. The van der Waals surface area contributed by atoms with Gasteiger partial charge in [0.15, 0.2) is 0 Å². The van der Waals surface area contributed by atoms with Crippen LogP contribution in [-0.2, 0) is 4.79 Å². The van der Waals surface area contributed by atoms with Crippen LogP contribution in [0, 0.1) is 0 Å². The molecule has 5 heteroatoms. The number of rotatable bonds is 1. The minimum Gasteiger partial charge on any atom is -0.354 e. The molecule has 1 aliphatic heterocycles. The van der Waals surface area contributed by atoms with Crippen molar-refractivity contribution >= 4 is 27.7 Å². The lowest BCUT2D eigenvalue weighted by Crippen LogP contribution is -2.36. The maximum Gasteiger partial charge on any atom is 0.220 e. The van der Waals surface area contributed by atoms with E-state index in [2.05, 4.69) is 33.8 Å². The average molecular weight is 266 g/mol. The molecule has 1 aromatic heterocycles. The second-order valence-electron chi connectivity index (χ2n) is 5.19. The van der Waals surface area contributed by atoms with Gasteiger partial charge in [0.2, 0.25) is 5.91 Å². The second-order valence-corrected chi connectivity index (χ2v) is 5.19. The fraction of sp³-hybridized carbons (Fsp3) is 0.267. The molecule has 0 aliphatic carbocycles. The van der Waals surface area contributed by atoms with Crippen LogP contribution in [0.15, 0.2) is 36.4 Å². The van der Waals surface area contributed by atoms with Gasteiger partial charge in [-0.2, -0.15) is 0 Å². The van der Waals surface area contributed by atoms with Crippen LogP contribution in [0.25, 0.3) is 21.8 Å². The van der Waals surface area contributed by atoms with Crippen molar-refractivity contribution < 1.29 is 4.79 Å². The molecule has 1 aliphatic rings. The largest absolute Gasteiger partial charge is 0.354 e. The van der Waals surface area contributed by atoms with Crippen molar-refractivity contribution in [2.75, 3.05) is 6.54 Å². The molecule has 2 aromatic carbocycles. The maximum absolute atomic E-state index is 11.3. The van der Waals surface area contributed by atoms with Gasteiger partial charge in [0.25, 0.3) is 0 Å². The van der Waals surface area contributed by atoms with Crippen LogP contribution in [0.2, 0.25) is 0 Å². The van der Waals surface area contributed by atoms with Gasteiger partial charge in [-0.05, 0) is 17.9 Å². The summed E-state index contributed by atoms with van der Waals surface area (Å²) in [5.74, 6) is 0.121. The van der Waals surface area contributed by atoms with Gasteiger partial charge in [-0.3, -0.25) is 4.79 Å². The monoisotopic (exact) mass is 266 g/mol. The van der Waals surface area contributed by atoms with E-state index < -0.39 is 0 Å². The predicted molar refractivity (Wildman–Crippen MR) is 76.3 cm³/mol. The van der Waals surface area contributed by atoms with Gasteiger partial charge in [-0.15, -0.1) is 5.10 Å².